The van der Waals surface area contributed by atoms with Crippen LogP contribution >= 0.6 is 0 Å². The molecular formula is C11H9F3N4O2. The summed E-state index contributed by atoms with van der Waals surface area (Å²) in [6, 6.07) is 3.83. The van der Waals surface area contributed by atoms with Gasteiger partial charge in [0.1, 0.15) is 6.10 Å². The predicted molar refractivity (Wildman–Crippen MR) is 61.1 cm³/mol. The maximum Gasteiger partial charge on any atom is 0.416 e. The van der Waals surface area contributed by atoms with Crippen molar-refractivity contribution in [3.8, 4) is 6.07 Å². The standard InChI is InChI=1S/C11H9F3N4O2/c12-11(13,14)8-2-6(4-15)1-7(3-8)10(20)9(19)5-17-18-16/h1-3,9-10,19-20H,5H2. The predicted octanol–water partition coefficient (Wildman–Crippen LogP) is 2.28. The molecule has 0 aromatic heterocycles. The first-order valence-corrected chi connectivity index (χ1v) is 5.29. The number of alkyl halides is 3. The Balaban J connectivity index is 3.17. The van der Waals surface area contributed by atoms with Crippen LogP contribution in [0.1, 0.15) is 22.8 Å². The Labute approximate surface area is 111 Å². The minimum absolute atomic E-state index is 0.281. The van der Waals surface area contributed by atoms with Crippen molar-refractivity contribution in [3.05, 3.63) is 45.3 Å². The van der Waals surface area contributed by atoms with Crippen LogP contribution < -0.4 is 0 Å². The number of benzene rings is 1. The van der Waals surface area contributed by atoms with Gasteiger partial charge in [-0.2, -0.15) is 18.4 Å². The van der Waals surface area contributed by atoms with Crippen molar-refractivity contribution < 1.29 is 23.4 Å². The molecule has 9 heteroatoms. The summed E-state index contributed by atoms with van der Waals surface area (Å²) in [6.07, 6.45) is -7.95. The van der Waals surface area contributed by atoms with Crippen molar-refractivity contribution in [3.63, 3.8) is 0 Å². The Kier molecular flexibility index (Phi) is 4.94. The van der Waals surface area contributed by atoms with E-state index in [1.54, 1.807) is 6.07 Å². The fraction of sp³-hybridized carbons (Fsp3) is 0.364. The number of rotatable bonds is 4. The van der Waals surface area contributed by atoms with E-state index >= 15 is 0 Å². The molecule has 0 amide bonds. The average Bonchev–Trinajstić information content (AvgIpc) is 2.42. The summed E-state index contributed by atoms with van der Waals surface area (Å²) in [5, 5.41) is 30.9. The molecule has 2 N–H and O–H groups in total. The largest absolute Gasteiger partial charge is 0.416 e. The van der Waals surface area contributed by atoms with E-state index in [2.05, 4.69) is 10.0 Å². The van der Waals surface area contributed by atoms with E-state index in [1.807, 2.05) is 0 Å². The van der Waals surface area contributed by atoms with E-state index in [4.69, 9.17) is 10.8 Å². The lowest BCUT2D eigenvalue weighted by molar-refractivity contribution is -0.137. The van der Waals surface area contributed by atoms with Gasteiger partial charge in [-0.1, -0.05) is 5.11 Å². The van der Waals surface area contributed by atoms with Crippen LogP contribution in [0.2, 0.25) is 0 Å². The van der Waals surface area contributed by atoms with Gasteiger partial charge in [-0.25, -0.2) is 0 Å². The second-order valence-electron chi connectivity index (χ2n) is 3.88. The van der Waals surface area contributed by atoms with Gasteiger partial charge in [0, 0.05) is 4.91 Å². The first-order chi connectivity index (χ1) is 9.29. The second-order valence-corrected chi connectivity index (χ2v) is 3.88. The van der Waals surface area contributed by atoms with E-state index in [1.165, 1.54) is 0 Å². The van der Waals surface area contributed by atoms with Crippen LogP contribution in [0.25, 0.3) is 10.4 Å². The van der Waals surface area contributed by atoms with E-state index in [9.17, 15) is 23.4 Å². The maximum absolute atomic E-state index is 12.6. The van der Waals surface area contributed by atoms with Gasteiger partial charge >= 0.3 is 6.18 Å². The Morgan fingerprint density at radius 1 is 1.35 bits per heavy atom. The van der Waals surface area contributed by atoms with E-state index in [-0.39, 0.29) is 11.1 Å². The number of azide groups is 1. The molecule has 1 rings (SSSR count). The minimum Gasteiger partial charge on any atom is -0.390 e. The van der Waals surface area contributed by atoms with Crippen molar-refractivity contribution >= 4 is 0 Å². The molecule has 2 atom stereocenters. The molecule has 0 bridgehead atoms. The van der Waals surface area contributed by atoms with Crippen LogP contribution in [0.3, 0.4) is 0 Å². The van der Waals surface area contributed by atoms with Crippen molar-refractivity contribution in [2.45, 2.75) is 18.4 Å². The molecule has 0 saturated carbocycles. The van der Waals surface area contributed by atoms with Crippen LogP contribution in [-0.4, -0.2) is 22.9 Å². The van der Waals surface area contributed by atoms with Crippen molar-refractivity contribution in [2.24, 2.45) is 5.11 Å². The summed E-state index contributed by atoms with van der Waals surface area (Å²) in [4.78, 5) is 2.36. The second kappa shape index (κ2) is 6.25. The van der Waals surface area contributed by atoms with Crippen LogP contribution in [0.15, 0.2) is 23.3 Å². The third kappa shape index (κ3) is 3.86. The summed E-state index contributed by atoms with van der Waals surface area (Å²) in [6.45, 7) is -0.504. The van der Waals surface area contributed by atoms with Gasteiger partial charge in [0.25, 0.3) is 0 Å². The molecule has 0 spiro atoms. The summed E-state index contributed by atoms with van der Waals surface area (Å²) < 4.78 is 37.9. The van der Waals surface area contributed by atoms with Gasteiger partial charge in [0.15, 0.2) is 0 Å². The fourth-order valence-corrected chi connectivity index (χ4v) is 1.49. The Bertz CT molecular complexity index is 576. The van der Waals surface area contributed by atoms with E-state index in [0.717, 1.165) is 6.07 Å². The highest BCUT2D eigenvalue weighted by atomic mass is 19.4. The molecule has 0 heterocycles. The molecule has 6 nitrogen and oxygen atoms in total. The van der Waals surface area contributed by atoms with Gasteiger partial charge in [-0.05, 0) is 29.3 Å². The first kappa shape index (κ1) is 15.8. The summed E-state index contributed by atoms with van der Waals surface area (Å²) in [5.41, 5.74) is 6.38. The number of aliphatic hydroxyl groups is 2. The smallest absolute Gasteiger partial charge is 0.390 e. The third-order valence-corrected chi connectivity index (χ3v) is 2.45. The minimum atomic E-state index is -4.68. The number of aliphatic hydroxyl groups excluding tert-OH is 2. The molecule has 106 valence electrons. The SMILES string of the molecule is N#Cc1cc(C(O)C(O)CN=[N+]=[N-])cc(C(F)(F)F)c1. The van der Waals surface area contributed by atoms with Gasteiger partial charge in [-0.15, -0.1) is 0 Å². The molecule has 20 heavy (non-hydrogen) atoms. The fourth-order valence-electron chi connectivity index (χ4n) is 1.49. The Morgan fingerprint density at radius 2 is 2.00 bits per heavy atom. The lowest BCUT2D eigenvalue weighted by atomic mass is 9.99. The highest BCUT2D eigenvalue weighted by Gasteiger charge is 2.32. The molecular weight excluding hydrogens is 277 g/mol. The molecule has 2 unspecified atom stereocenters. The van der Waals surface area contributed by atoms with Gasteiger partial charge in [0.05, 0.1) is 29.8 Å². The average molecular weight is 286 g/mol. The van der Waals surface area contributed by atoms with Crippen molar-refractivity contribution in [1.29, 1.82) is 5.26 Å². The zero-order valence-electron chi connectivity index (χ0n) is 9.91. The molecule has 0 aliphatic rings. The van der Waals surface area contributed by atoms with Crippen LogP contribution in [-0.2, 0) is 6.18 Å². The monoisotopic (exact) mass is 286 g/mol. The molecule has 0 fully saturated rings. The lowest BCUT2D eigenvalue weighted by Gasteiger charge is -2.18. The first-order valence-electron chi connectivity index (χ1n) is 5.29. The van der Waals surface area contributed by atoms with Gasteiger partial charge < -0.3 is 10.2 Å². The molecule has 1 aromatic rings. The van der Waals surface area contributed by atoms with Crippen LogP contribution in [0.5, 0.6) is 0 Å². The number of hydrogen-bond donors (Lipinski definition) is 2. The quantitative estimate of drug-likeness (QED) is 0.502. The summed E-state index contributed by atoms with van der Waals surface area (Å²) >= 11 is 0. The third-order valence-electron chi connectivity index (χ3n) is 2.45. The zero-order chi connectivity index (χ0) is 15.3. The molecule has 0 radical (unpaired) electrons. The number of hydrogen-bond acceptors (Lipinski definition) is 4. The lowest BCUT2D eigenvalue weighted by Crippen LogP contribution is -2.21. The van der Waals surface area contributed by atoms with Crippen molar-refractivity contribution in [2.75, 3.05) is 6.54 Å². The molecule has 0 saturated heterocycles. The molecule has 0 aliphatic heterocycles. The highest BCUT2D eigenvalue weighted by molar-refractivity contribution is 5.39. The summed E-state index contributed by atoms with van der Waals surface area (Å²) in [7, 11) is 0. The maximum atomic E-state index is 12.6. The Morgan fingerprint density at radius 3 is 2.50 bits per heavy atom. The topological polar surface area (TPSA) is 113 Å². The van der Waals surface area contributed by atoms with E-state index < -0.39 is 30.5 Å². The van der Waals surface area contributed by atoms with Gasteiger partial charge in [0.2, 0.25) is 0 Å². The Hall–Kier alpha value is -2.27. The highest BCUT2D eigenvalue weighted by Crippen LogP contribution is 2.32. The number of halogens is 3. The van der Waals surface area contributed by atoms with E-state index in [0.29, 0.717) is 12.1 Å². The normalized spacial score (nSPS) is 14.0. The number of nitrogens with zero attached hydrogens (tertiary/aromatic N) is 4. The molecule has 1 aromatic carbocycles. The van der Waals surface area contributed by atoms with Gasteiger partial charge in [-0.3, -0.25) is 0 Å². The summed E-state index contributed by atoms with van der Waals surface area (Å²) in [5.74, 6) is 0. The molecule has 0 aliphatic carbocycles. The van der Waals surface area contributed by atoms with Crippen LogP contribution in [0, 0.1) is 11.3 Å². The van der Waals surface area contributed by atoms with Crippen molar-refractivity contribution in [1.82, 2.24) is 0 Å². The zero-order valence-corrected chi connectivity index (χ0v) is 9.91. The van der Waals surface area contributed by atoms with Crippen LogP contribution in [0.4, 0.5) is 13.2 Å². The number of nitriles is 1.